The number of pyridine rings is 1. The molecule has 0 radical (unpaired) electrons. The van der Waals surface area contributed by atoms with Gasteiger partial charge in [-0.1, -0.05) is 41.4 Å². The summed E-state index contributed by atoms with van der Waals surface area (Å²) in [6.45, 7) is -0.622. The van der Waals surface area contributed by atoms with Crippen molar-refractivity contribution in [2.45, 2.75) is 19.1 Å². The van der Waals surface area contributed by atoms with E-state index in [0.717, 1.165) is 24.4 Å². The molecule has 0 aliphatic rings. The van der Waals surface area contributed by atoms with Crippen molar-refractivity contribution in [2.24, 2.45) is 0 Å². The highest BCUT2D eigenvalue weighted by atomic mass is 35.5. The van der Waals surface area contributed by atoms with Crippen molar-refractivity contribution in [2.75, 3.05) is 10.8 Å². The number of rotatable bonds is 8. The van der Waals surface area contributed by atoms with Crippen LogP contribution in [0.4, 0.5) is 27.6 Å². The Kier molecular flexibility index (Phi) is 8.88. The molecule has 0 aliphatic carbocycles. The van der Waals surface area contributed by atoms with Gasteiger partial charge in [0, 0.05) is 30.6 Å². The second-order valence-electron chi connectivity index (χ2n) is 7.27. The topological polar surface area (TPSA) is 85.4 Å². The Morgan fingerprint density at radius 2 is 1.81 bits per heavy atom. The van der Waals surface area contributed by atoms with Crippen LogP contribution < -0.4 is 9.62 Å². The molecule has 0 fully saturated rings. The first kappa shape index (κ1) is 27.8. The minimum Gasteiger partial charge on any atom is -0.755 e. The Labute approximate surface area is 214 Å². The number of hydrogen-bond donors (Lipinski definition) is 1. The van der Waals surface area contributed by atoms with E-state index in [-0.39, 0.29) is 35.1 Å². The molecule has 192 valence electrons. The molecule has 1 amide bonds. The molecule has 1 N–H and O–H groups in total. The third kappa shape index (κ3) is 6.49. The van der Waals surface area contributed by atoms with Crippen molar-refractivity contribution in [3.05, 3.63) is 92.7 Å². The molecule has 0 saturated heterocycles. The van der Waals surface area contributed by atoms with Crippen molar-refractivity contribution in [1.29, 1.82) is 0 Å². The maximum Gasteiger partial charge on any atom is 0.433 e. The van der Waals surface area contributed by atoms with E-state index in [1.807, 2.05) is 0 Å². The van der Waals surface area contributed by atoms with Gasteiger partial charge in [0.25, 0.3) is 5.91 Å². The molecule has 14 heteroatoms. The Bertz CT molecular complexity index is 1290. The lowest BCUT2D eigenvalue weighted by Crippen LogP contribution is -2.30. The fourth-order valence-corrected chi connectivity index (χ4v) is 4.08. The number of halogens is 7. The summed E-state index contributed by atoms with van der Waals surface area (Å²) in [5.41, 5.74) is -1.83. The van der Waals surface area contributed by atoms with Crippen LogP contribution in [-0.4, -0.2) is 26.2 Å². The number of hydrogen-bond acceptors (Lipinski definition) is 4. The van der Waals surface area contributed by atoms with E-state index in [9.17, 15) is 35.5 Å². The van der Waals surface area contributed by atoms with Crippen LogP contribution >= 0.6 is 23.2 Å². The number of alkyl halides is 3. The third-order valence-electron chi connectivity index (χ3n) is 4.94. The molecule has 36 heavy (non-hydrogen) atoms. The third-order valence-corrected chi connectivity index (χ3v) is 6.54. The fourth-order valence-electron chi connectivity index (χ4n) is 3.12. The van der Waals surface area contributed by atoms with Crippen LogP contribution in [0.1, 0.15) is 27.2 Å². The van der Waals surface area contributed by atoms with Crippen molar-refractivity contribution in [3.8, 4) is 0 Å². The Hall–Kier alpha value is -2.80. The van der Waals surface area contributed by atoms with Gasteiger partial charge in [-0.3, -0.25) is 18.3 Å². The van der Waals surface area contributed by atoms with Gasteiger partial charge >= 0.3 is 6.18 Å². The van der Waals surface area contributed by atoms with Gasteiger partial charge in [-0.05, 0) is 41.8 Å². The Balaban J connectivity index is 1.74. The van der Waals surface area contributed by atoms with E-state index in [0.29, 0.717) is 15.9 Å². The first-order chi connectivity index (χ1) is 16.9. The standard InChI is InChI=1S/C22H16Cl2F5N3O3S/c23-15-3-1-2-13(18(15)24)8-9-32(36(34)35)16-6-5-14(19(25)20(16)26)21(33)31-11-12-4-7-17(30-10-12)22(27,28)29/h1-7,10H,8-9,11H2,(H,31,33)(H,34,35)/p-1. The molecule has 1 atom stereocenters. The normalized spacial score (nSPS) is 12.3. The number of aromatic nitrogens is 1. The molecule has 0 spiro atoms. The number of benzene rings is 2. The van der Waals surface area contributed by atoms with Gasteiger partial charge in [0.2, 0.25) is 0 Å². The maximum absolute atomic E-state index is 14.8. The highest BCUT2D eigenvalue weighted by Crippen LogP contribution is 2.29. The van der Waals surface area contributed by atoms with Crippen LogP contribution in [0.3, 0.4) is 0 Å². The number of nitrogens with one attached hydrogen (secondary N) is 1. The second-order valence-corrected chi connectivity index (χ2v) is 8.93. The lowest BCUT2D eigenvalue weighted by molar-refractivity contribution is -0.141. The summed E-state index contributed by atoms with van der Waals surface area (Å²) in [7, 11) is 0. The molecule has 3 rings (SSSR count). The number of amides is 1. The number of carbonyl (C=O) groups excluding carboxylic acids is 1. The molecule has 0 saturated carbocycles. The van der Waals surface area contributed by atoms with E-state index in [4.69, 9.17) is 23.2 Å². The number of nitrogens with zero attached hydrogens (tertiary/aromatic N) is 2. The summed E-state index contributed by atoms with van der Waals surface area (Å²) in [5, 5.41) is 2.67. The predicted octanol–water partition coefficient (Wildman–Crippen LogP) is 5.46. The zero-order valence-electron chi connectivity index (χ0n) is 17.9. The van der Waals surface area contributed by atoms with Crippen LogP contribution in [0.5, 0.6) is 0 Å². The molecular weight excluding hydrogens is 552 g/mol. The minimum atomic E-state index is -4.63. The second kappa shape index (κ2) is 11.5. The molecule has 6 nitrogen and oxygen atoms in total. The average molecular weight is 567 g/mol. The summed E-state index contributed by atoms with van der Waals surface area (Å²) < 4.78 is 91.2. The summed E-state index contributed by atoms with van der Waals surface area (Å²) in [4.78, 5) is 15.6. The smallest absolute Gasteiger partial charge is 0.433 e. The first-order valence-electron chi connectivity index (χ1n) is 9.98. The fraction of sp³-hybridized carbons (Fsp3) is 0.182. The Morgan fingerprint density at radius 1 is 1.08 bits per heavy atom. The van der Waals surface area contributed by atoms with Crippen molar-refractivity contribution < 1.29 is 35.5 Å². The van der Waals surface area contributed by atoms with Crippen molar-refractivity contribution in [1.82, 2.24) is 10.3 Å². The number of anilines is 1. The van der Waals surface area contributed by atoms with Gasteiger partial charge in [-0.2, -0.15) is 13.2 Å². The van der Waals surface area contributed by atoms with Gasteiger partial charge in [-0.15, -0.1) is 0 Å². The van der Waals surface area contributed by atoms with E-state index >= 15 is 0 Å². The van der Waals surface area contributed by atoms with Crippen LogP contribution in [-0.2, 0) is 30.4 Å². The monoisotopic (exact) mass is 566 g/mol. The zero-order valence-corrected chi connectivity index (χ0v) is 20.2. The molecule has 1 aromatic heterocycles. The first-order valence-corrected chi connectivity index (χ1v) is 11.8. The average Bonchev–Trinajstić information content (AvgIpc) is 2.82. The molecule has 1 unspecified atom stereocenters. The van der Waals surface area contributed by atoms with E-state index in [1.165, 1.54) is 6.07 Å². The van der Waals surface area contributed by atoms with E-state index < -0.39 is 51.9 Å². The molecule has 1 heterocycles. The zero-order chi connectivity index (χ0) is 26.6. The SMILES string of the molecule is O=C(NCc1ccc(C(F)(F)F)nc1)c1ccc(N(CCc2cccc(Cl)c2Cl)S(=O)[O-])c(F)c1F. The van der Waals surface area contributed by atoms with E-state index in [1.54, 1.807) is 12.1 Å². The van der Waals surface area contributed by atoms with Crippen LogP contribution in [0.25, 0.3) is 0 Å². The summed E-state index contributed by atoms with van der Waals surface area (Å²) in [6.07, 6.45) is -3.72. The quantitative estimate of drug-likeness (QED) is 0.290. The van der Waals surface area contributed by atoms with Crippen molar-refractivity contribution in [3.63, 3.8) is 0 Å². The summed E-state index contributed by atoms with van der Waals surface area (Å²) in [5.74, 6) is -4.26. The molecule has 2 aromatic carbocycles. The molecule has 3 aromatic rings. The predicted molar refractivity (Wildman–Crippen MR) is 123 cm³/mol. The lowest BCUT2D eigenvalue weighted by Gasteiger charge is -2.27. The van der Waals surface area contributed by atoms with Crippen LogP contribution in [0.15, 0.2) is 48.7 Å². The molecular formula is C22H15Cl2F5N3O3S-. The lowest BCUT2D eigenvalue weighted by atomic mass is 10.1. The number of carbonyl (C=O) groups is 1. The van der Waals surface area contributed by atoms with Crippen LogP contribution in [0.2, 0.25) is 10.0 Å². The van der Waals surface area contributed by atoms with Gasteiger partial charge in [0.1, 0.15) is 5.69 Å². The van der Waals surface area contributed by atoms with Gasteiger partial charge in [0.05, 0.1) is 21.3 Å². The molecule has 0 bridgehead atoms. The maximum atomic E-state index is 14.8. The van der Waals surface area contributed by atoms with Gasteiger partial charge in [0.15, 0.2) is 11.6 Å². The Morgan fingerprint density at radius 3 is 2.42 bits per heavy atom. The van der Waals surface area contributed by atoms with Crippen molar-refractivity contribution >= 4 is 46.1 Å². The van der Waals surface area contributed by atoms with E-state index in [2.05, 4.69) is 10.3 Å². The molecule has 0 aliphatic heterocycles. The van der Waals surface area contributed by atoms with Gasteiger partial charge in [-0.25, -0.2) is 8.78 Å². The highest BCUT2D eigenvalue weighted by molar-refractivity contribution is 7.80. The van der Waals surface area contributed by atoms with Crippen LogP contribution in [0, 0.1) is 11.6 Å². The minimum absolute atomic E-state index is 0.0256. The summed E-state index contributed by atoms with van der Waals surface area (Å²) >= 11 is 9.01. The summed E-state index contributed by atoms with van der Waals surface area (Å²) in [6, 6.07) is 8.31. The largest absolute Gasteiger partial charge is 0.755 e. The van der Waals surface area contributed by atoms with Gasteiger partial charge < -0.3 is 9.87 Å². The highest BCUT2D eigenvalue weighted by Gasteiger charge is 2.32.